The average Bonchev–Trinajstić information content (AvgIpc) is 2.46. The lowest BCUT2D eigenvalue weighted by atomic mass is 10.1. The quantitative estimate of drug-likeness (QED) is 0.843. The predicted octanol–water partition coefficient (Wildman–Crippen LogP) is 4.10. The molecule has 2 nitrogen and oxygen atoms in total. The molecule has 0 heterocycles. The molecule has 0 amide bonds. The Morgan fingerprint density at radius 3 is 2.47 bits per heavy atom. The molecule has 100 valence electrons. The third-order valence-corrected chi connectivity index (χ3v) is 4.22. The van der Waals surface area contributed by atoms with Gasteiger partial charge in [-0.15, -0.1) is 11.8 Å². The van der Waals surface area contributed by atoms with Crippen molar-refractivity contribution in [1.82, 2.24) is 0 Å². The fourth-order valence-electron chi connectivity index (χ4n) is 1.67. The first-order chi connectivity index (χ1) is 9.22. The number of halogens is 1. The zero-order valence-electron chi connectivity index (χ0n) is 10.7. The average molecular weight is 294 g/mol. The van der Waals surface area contributed by atoms with Crippen molar-refractivity contribution in [3.8, 4) is 5.75 Å². The number of thioether (sulfide) groups is 1. The van der Waals surface area contributed by atoms with E-state index in [9.17, 15) is 0 Å². The first-order valence-electron chi connectivity index (χ1n) is 5.97. The molecular formula is C15H16ClNOS. The van der Waals surface area contributed by atoms with Crippen molar-refractivity contribution >= 4 is 23.4 Å². The van der Waals surface area contributed by atoms with Gasteiger partial charge in [-0.25, -0.2) is 0 Å². The van der Waals surface area contributed by atoms with E-state index >= 15 is 0 Å². The molecule has 0 bridgehead atoms. The maximum atomic E-state index is 6.23. The maximum absolute atomic E-state index is 6.23. The highest BCUT2D eigenvalue weighted by Gasteiger charge is 2.03. The summed E-state index contributed by atoms with van der Waals surface area (Å²) in [6.07, 6.45) is 0. The molecule has 4 heteroatoms. The van der Waals surface area contributed by atoms with Crippen LogP contribution in [0.4, 0.5) is 0 Å². The summed E-state index contributed by atoms with van der Waals surface area (Å²) in [6.45, 7) is 0.519. The molecule has 0 fully saturated rings. The number of methoxy groups -OCH3 is 1. The van der Waals surface area contributed by atoms with Crippen LogP contribution < -0.4 is 10.5 Å². The van der Waals surface area contributed by atoms with Gasteiger partial charge in [0.2, 0.25) is 0 Å². The van der Waals surface area contributed by atoms with Crippen molar-refractivity contribution in [2.24, 2.45) is 5.73 Å². The van der Waals surface area contributed by atoms with E-state index in [1.807, 2.05) is 42.5 Å². The van der Waals surface area contributed by atoms with Gasteiger partial charge in [0.25, 0.3) is 0 Å². The SMILES string of the molecule is COc1ccc(SCc2ccc(CN)cc2Cl)cc1. The van der Waals surface area contributed by atoms with Crippen molar-refractivity contribution in [3.63, 3.8) is 0 Å². The molecule has 0 aliphatic carbocycles. The van der Waals surface area contributed by atoms with Crippen LogP contribution in [0, 0.1) is 0 Å². The highest BCUT2D eigenvalue weighted by Crippen LogP contribution is 2.28. The summed E-state index contributed by atoms with van der Waals surface area (Å²) in [4.78, 5) is 1.19. The Bertz CT molecular complexity index is 542. The zero-order chi connectivity index (χ0) is 13.7. The molecule has 0 aromatic heterocycles. The lowest BCUT2D eigenvalue weighted by molar-refractivity contribution is 0.414. The van der Waals surface area contributed by atoms with Gasteiger partial charge < -0.3 is 10.5 Å². The Morgan fingerprint density at radius 2 is 1.89 bits per heavy atom. The van der Waals surface area contributed by atoms with E-state index in [2.05, 4.69) is 0 Å². The molecule has 2 N–H and O–H groups in total. The van der Waals surface area contributed by atoms with E-state index < -0.39 is 0 Å². The second-order valence-corrected chi connectivity index (χ2v) is 5.55. The Balaban J connectivity index is 2.01. The van der Waals surface area contributed by atoms with Crippen LogP contribution in [0.1, 0.15) is 11.1 Å². The minimum Gasteiger partial charge on any atom is -0.497 e. The van der Waals surface area contributed by atoms with E-state index in [0.717, 1.165) is 27.7 Å². The van der Waals surface area contributed by atoms with E-state index in [-0.39, 0.29) is 0 Å². The monoisotopic (exact) mass is 293 g/mol. The molecule has 0 unspecified atom stereocenters. The van der Waals surface area contributed by atoms with Gasteiger partial charge in [-0.05, 0) is 41.5 Å². The molecule has 0 atom stereocenters. The van der Waals surface area contributed by atoms with Crippen LogP contribution in [0.3, 0.4) is 0 Å². The number of ether oxygens (including phenoxy) is 1. The van der Waals surface area contributed by atoms with Crippen LogP contribution in [0.5, 0.6) is 5.75 Å². The van der Waals surface area contributed by atoms with Crippen molar-refractivity contribution < 1.29 is 4.74 Å². The third-order valence-electron chi connectivity index (χ3n) is 2.81. The van der Waals surface area contributed by atoms with Gasteiger partial charge >= 0.3 is 0 Å². The molecular weight excluding hydrogens is 278 g/mol. The zero-order valence-corrected chi connectivity index (χ0v) is 12.3. The van der Waals surface area contributed by atoms with Crippen LogP contribution in [0.2, 0.25) is 5.02 Å². The maximum Gasteiger partial charge on any atom is 0.118 e. The van der Waals surface area contributed by atoms with Gasteiger partial charge in [-0.2, -0.15) is 0 Å². The molecule has 19 heavy (non-hydrogen) atoms. The smallest absolute Gasteiger partial charge is 0.118 e. The Labute approximate surface area is 122 Å². The summed E-state index contributed by atoms with van der Waals surface area (Å²) in [5.74, 6) is 1.71. The molecule has 0 saturated carbocycles. The van der Waals surface area contributed by atoms with Gasteiger partial charge in [0, 0.05) is 22.2 Å². The lowest BCUT2D eigenvalue weighted by Gasteiger charge is -2.07. The Morgan fingerprint density at radius 1 is 1.16 bits per heavy atom. The summed E-state index contributed by atoms with van der Waals surface area (Å²) in [5, 5.41) is 0.781. The molecule has 0 spiro atoms. The second-order valence-electron chi connectivity index (χ2n) is 4.09. The number of hydrogen-bond acceptors (Lipinski definition) is 3. The second kappa shape index (κ2) is 6.85. The summed E-state index contributed by atoms with van der Waals surface area (Å²) >= 11 is 7.98. The fourth-order valence-corrected chi connectivity index (χ4v) is 2.92. The number of rotatable bonds is 5. The van der Waals surface area contributed by atoms with E-state index in [1.54, 1.807) is 18.9 Å². The van der Waals surface area contributed by atoms with Crippen LogP contribution in [-0.4, -0.2) is 7.11 Å². The first kappa shape index (κ1) is 14.3. The van der Waals surface area contributed by atoms with E-state index in [1.165, 1.54) is 4.90 Å². The molecule has 2 rings (SSSR count). The number of benzene rings is 2. The summed E-state index contributed by atoms with van der Waals surface area (Å²) in [7, 11) is 1.67. The van der Waals surface area contributed by atoms with Crippen molar-refractivity contribution in [1.29, 1.82) is 0 Å². The summed E-state index contributed by atoms with van der Waals surface area (Å²) in [5.41, 5.74) is 7.77. The van der Waals surface area contributed by atoms with E-state index in [0.29, 0.717) is 6.54 Å². The summed E-state index contributed by atoms with van der Waals surface area (Å²) < 4.78 is 5.13. The van der Waals surface area contributed by atoms with Gasteiger partial charge in [-0.3, -0.25) is 0 Å². The van der Waals surface area contributed by atoms with Gasteiger partial charge in [-0.1, -0.05) is 23.7 Å². The fraction of sp³-hybridized carbons (Fsp3) is 0.200. The third kappa shape index (κ3) is 3.90. The molecule has 2 aromatic rings. The van der Waals surface area contributed by atoms with Gasteiger partial charge in [0.15, 0.2) is 0 Å². The van der Waals surface area contributed by atoms with Gasteiger partial charge in [0.05, 0.1) is 7.11 Å². The van der Waals surface area contributed by atoms with Crippen molar-refractivity contribution in [2.45, 2.75) is 17.2 Å². The molecule has 0 saturated heterocycles. The standard InChI is InChI=1S/C15H16ClNOS/c1-18-13-4-6-14(7-5-13)19-10-12-3-2-11(9-17)8-15(12)16/h2-8H,9-10,17H2,1H3. The van der Waals surface area contributed by atoms with Crippen LogP contribution in [0.15, 0.2) is 47.4 Å². The lowest BCUT2D eigenvalue weighted by Crippen LogP contribution is -1.96. The van der Waals surface area contributed by atoms with Crippen molar-refractivity contribution in [3.05, 3.63) is 58.6 Å². The molecule has 0 aliphatic heterocycles. The summed E-state index contributed by atoms with van der Waals surface area (Å²) in [6, 6.07) is 14.0. The minimum atomic E-state index is 0.519. The van der Waals surface area contributed by atoms with Crippen LogP contribution in [-0.2, 0) is 12.3 Å². The number of hydrogen-bond donors (Lipinski definition) is 1. The molecule has 2 aromatic carbocycles. The normalized spacial score (nSPS) is 10.5. The highest BCUT2D eigenvalue weighted by atomic mass is 35.5. The van der Waals surface area contributed by atoms with Crippen LogP contribution in [0.25, 0.3) is 0 Å². The number of nitrogens with two attached hydrogens (primary N) is 1. The topological polar surface area (TPSA) is 35.2 Å². The Kier molecular flexibility index (Phi) is 5.14. The molecule has 0 aliphatic rings. The Hall–Kier alpha value is -1.16. The highest BCUT2D eigenvalue weighted by molar-refractivity contribution is 7.98. The van der Waals surface area contributed by atoms with Crippen molar-refractivity contribution in [2.75, 3.05) is 7.11 Å². The van der Waals surface area contributed by atoms with E-state index in [4.69, 9.17) is 22.1 Å². The minimum absolute atomic E-state index is 0.519. The predicted molar refractivity (Wildman–Crippen MR) is 81.9 cm³/mol. The largest absolute Gasteiger partial charge is 0.497 e. The first-order valence-corrected chi connectivity index (χ1v) is 7.33. The van der Waals surface area contributed by atoms with Gasteiger partial charge in [0.1, 0.15) is 5.75 Å². The van der Waals surface area contributed by atoms with Crippen LogP contribution >= 0.6 is 23.4 Å². The molecule has 0 radical (unpaired) electrons.